The van der Waals surface area contributed by atoms with E-state index in [0.717, 1.165) is 17.7 Å². The number of aryl methyl sites for hydroxylation is 1. The average molecular weight is 493 g/mol. The average Bonchev–Trinajstić information content (AvgIpc) is 2.75. The fourth-order valence-electron chi connectivity index (χ4n) is 3.37. The molecule has 180 valence electrons. The predicted octanol–water partition coefficient (Wildman–Crippen LogP) is 2.56. The Morgan fingerprint density at radius 3 is 2.50 bits per heavy atom. The highest BCUT2D eigenvalue weighted by molar-refractivity contribution is 7.70. The van der Waals surface area contributed by atoms with Crippen molar-refractivity contribution >= 4 is 10.9 Å². The second kappa shape index (κ2) is 10.3. The molecule has 2 heterocycles. The van der Waals surface area contributed by atoms with E-state index in [2.05, 4.69) is 4.72 Å². The van der Waals surface area contributed by atoms with E-state index >= 15 is 0 Å². The Kier molecular flexibility index (Phi) is 7.25. The zero-order chi connectivity index (χ0) is 24.2. The highest BCUT2D eigenvalue weighted by Gasteiger charge is 2.24. The molecule has 1 aliphatic heterocycles. The van der Waals surface area contributed by atoms with Gasteiger partial charge in [-0.25, -0.2) is 21.9 Å². The molecule has 0 aliphatic carbocycles. The summed E-state index contributed by atoms with van der Waals surface area (Å²) in [7, 11) is -1.15. The molecular weight excluding hydrogens is 470 g/mol. The smallest absolute Gasteiger partial charge is 0.254 e. The van der Waals surface area contributed by atoms with Gasteiger partial charge in [-0.1, -0.05) is 6.07 Å². The van der Waals surface area contributed by atoms with Crippen LogP contribution in [-0.2, 0) is 29.1 Å². The zero-order valence-electron chi connectivity index (χ0n) is 18.1. The summed E-state index contributed by atoms with van der Waals surface area (Å²) in [6.07, 6.45) is 1.74. The van der Waals surface area contributed by atoms with Gasteiger partial charge in [0.25, 0.3) is 5.56 Å². The molecule has 0 unspecified atom stereocenters. The molecule has 11 heteroatoms. The van der Waals surface area contributed by atoms with Crippen LogP contribution in [0.5, 0.6) is 17.2 Å². The lowest BCUT2D eigenvalue weighted by atomic mass is 10.0. The van der Waals surface area contributed by atoms with E-state index in [0.29, 0.717) is 36.5 Å². The Morgan fingerprint density at radius 1 is 1.06 bits per heavy atom. The van der Waals surface area contributed by atoms with Crippen molar-refractivity contribution < 1.29 is 31.4 Å². The maximum atomic E-state index is 14.3. The molecule has 2 aromatic carbocycles. The van der Waals surface area contributed by atoms with Crippen molar-refractivity contribution in [3.05, 3.63) is 76.2 Å². The number of aromatic nitrogens is 1. The Morgan fingerprint density at radius 2 is 1.82 bits per heavy atom. The molecule has 1 aromatic heterocycles. The first kappa shape index (κ1) is 23.9. The predicted molar refractivity (Wildman–Crippen MR) is 121 cm³/mol. The fourth-order valence-corrected chi connectivity index (χ4v) is 3.67. The molecule has 34 heavy (non-hydrogen) atoms. The minimum Gasteiger partial charge on any atom is -0.485 e. The van der Waals surface area contributed by atoms with Gasteiger partial charge in [-0.3, -0.25) is 4.79 Å². The van der Waals surface area contributed by atoms with Gasteiger partial charge in [0, 0.05) is 43.0 Å². The summed E-state index contributed by atoms with van der Waals surface area (Å²) in [5.74, 6) is -1.24. The van der Waals surface area contributed by atoms with Crippen LogP contribution >= 0.6 is 0 Å². The summed E-state index contributed by atoms with van der Waals surface area (Å²) in [4.78, 5) is 12.3. The summed E-state index contributed by atoms with van der Waals surface area (Å²) >= 11 is 0. The van der Waals surface area contributed by atoms with Crippen molar-refractivity contribution in [1.29, 1.82) is 0 Å². The zero-order valence-corrected chi connectivity index (χ0v) is 19.0. The van der Waals surface area contributed by atoms with Crippen LogP contribution < -0.4 is 19.8 Å². The quantitative estimate of drug-likeness (QED) is 0.446. The molecular formula is C23H22F2N2O6S. The van der Waals surface area contributed by atoms with Gasteiger partial charge in [-0.15, -0.1) is 0 Å². The molecule has 1 N–H and O–H groups in total. The molecule has 3 aromatic rings. The second-order valence-electron chi connectivity index (χ2n) is 7.70. The van der Waals surface area contributed by atoms with Gasteiger partial charge in [-0.2, -0.15) is 0 Å². The molecule has 0 amide bonds. The van der Waals surface area contributed by atoms with Crippen LogP contribution in [0.1, 0.15) is 5.56 Å². The lowest BCUT2D eigenvalue weighted by Crippen LogP contribution is -2.39. The summed E-state index contributed by atoms with van der Waals surface area (Å²) in [5, 5.41) is 0. The fraction of sp³-hybridized carbons (Fsp3) is 0.261. The highest BCUT2D eigenvalue weighted by atomic mass is 32.2. The van der Waals surface area contributed by atoms with Crippen molar-refractivity contribution in [2.45, 2.75) is 12.5 Å². The summed E-state index contributed by atoms with van der Waals surface area (Å²) in [6.45, 7) is 0.955. The molecule has 8 nitrogen and oxygen atoms in total. The van der Waals surface area contributed by atoms with Crippen LogP contribution in [0.4, 0.5) is 8.78 Å². The van der Waals surface area contributed by atoms with E-state index in [1.165, 1.54) is 16.7 Å². The third-order valence-corrected chi connectivity index (χ3v) is 5.68. The Hall–Kier alpha value is -3.28. The SMILES string of the molecule is Cn1cc(-c2cc(CCN[SH](=O)=O)ccc2Oc2ccc(F)cc2F)c(OC2COC2)cc1=O. The van der Waals surface area contributed by atoms with Gasteiger partial charge in [0.15, 0.2) is 11.6 Å². The van der Waals surface area contributed by atoms with Crippen LogP contribution in [0.25, 0.3) is 11.1 Å². The molecule has 1 saturated heterocycles. The largest absolute Gasteiger partial charge is 0.485 e. The minimum atomic E-state index is -2.73. The van der Waals surface area contributed by atoms with Crippen molar-refractivity contribution in [2.75, 3.05) is 19.8 Å². The number of rotatable bonds is 9. The summed E-state index contributed by atoms with van der Waals surface area (Å²) in [5.41, 5.74) is 1.47. The van der Waals surface area contributed by atoms with Crippen LogP contribution in [0.15, 0.2) is 53.5 Å². The van der Waals surface area contributed by atoms with Crippen molar-refractivity contribution in [2.24, 2.45) is 7.05 Å². The molecule has 0 spiro atoms. The topological polar surface area (TPSA) is 95.9 Å². The summed E-state index contributed by atoms with van der Waals surface area (Å²) < 4.78 is 69.9. The maximum Gasteiger partial charge on any atom is 0.254 e. The number of pyridine rings is 1. The maximum absolute atomic E-state index is 14.3. The Bertz CT molecular complexity index is 1330. The molecule has 0 radical (unpaired) electrons. The molecule has 1 fully saturated rings. The number of nitrogens with one attached hydrogen (secondary N) is 1. The van der Waals surface area contributed by atoms with Gasteiger partial charge in [0.2, 0.25) is 10.9 Å². The first-order chi connectivity index (χ1) is 16.3. The van der Waals surface area contributed by atoms with Crippen molar-refractivity contribution in [1.82, 2.24) is 9.29 Å². The van der Waals surface area contributed by atoms with E-state index in [-0.39, 0.29) is 29.7 Å². The van der Waals surface area contributed by atoms with Gasteiger partial charge < -0.3 is 18.8 Å². The van der Waals surface area contributed by atoms with E-state index in [1.807, 2.05) is 0 Å². The number of hydrogen-bond acceptors (Lipinski definition) is 6. The monoisotopic (exact) mass is 492 g/mol. The highest BCUT2D eigenvalue weighted by Crippen LogP contribution is 2.39. The van der Waals surface area contributed by atoms with Crippen molar-refractivity contribution in [3.63, 3.8) is 0 Å². The Balaban J connectivity index is 1.79. The third kappa shape index (κ3) is 5.61. The molecule has 0 atom stereocenters. The van der Waals surface area contributed by atoms with Crippen molar-refractivity contribution in [3.8, 4) is 28.4 Å². The van der Waals surface area contributed by atoms with Gasteiger partial charge in [0.05, 0.1) is 13.2 Å². The number of nitrogens with zero attached hydrogens (tertiary/aromatic N) is 1. The first-order valence-electron chi connectivity index (χ1n) is 10.4. The van der Waals surface area contributed by atoms with Gasteiger partial charge in [-0.05, 0) is 36.2 Å². The normalized spacial score (nSPS) is 13.6. The number of thiol groups is 1. The summed E-state index contributed by atoms with van der Waals surface area (Å²) in [6, 6.07) is 9.40. The number of hydrogen-bond donors (Lipinski definition) is 2. The van der Waals surface area contributed by atoms with E-state index in [9.17, 15) is 22.0 Å². The van der Waals surface area contributed by atoms with Gasteiger partial charge in [0.1, 0.15) is 23.4 Å². The minimum absolute atomic E-state index is 0.180. The van der Waals surface area contributed by atoms with E-state index < -0.39 is 22.5 Å². The molecule has 0 saturated carbocycles. The van der Waals surface area contributed by atoms with E-state index in [1.54, 1.807) is 31.4 Å². The number of halogens is 2. The third-order valence-electron chi connectivity index (χ3n) is 5.19. The molecule has 4 rings (SSSR count). The van der Waals surface area contributed by atoms with Crippen LogP contribution in [0.3, 0.4) is 0 Å². The molecule has 1 aliphatic rings. The second-order valence-corrected chi connectivity index (χ2v) is 8.53. The van der Waals surface area contributed by atoms with Gasteiger partial charge >= 0.3 is 0 Å². The van der Waals surface area contributed by atoms with Crippen LogP contribution in [-0.4, -0.2) is 38.8 Å². The lowest BCUT2D eigenvalue weighted by Gasteiger charge is -2.28. The number of ether oxygens (including phenoxy) is 3. The first-order valence-corrected chi connectivity index (χ1v) is 11.6. The Labute approximate surface area is 195 Å². The van der Waals surface area contributed by atoms with Crippen LogP contribution in [0.2, 0.25) is 0 Å². The van der Waals surface area contributed by atoms with Crippen LogP contribution in [0, 0.1) is 11.6 Å². The lowest BCUT2D eigenvalue weighted by molar-refractivity contribution is -0.0795. The molecule has 0 bridgehead atoms. The standard InChI is InChI=1S/C23H22F2N2O6S/c1-27-11-18(22(10-23(27)28)32-16-12-31-13-16)17-8-14(6-7-26-34(29)30)2-4-20(17)33-21-5-3-15(24)9-19(21)25/h2-5,8-11,16,34H,6-7,12-13H2,1H3,(H,26,29,30). The number of benzene rings is 2. The van der Waals surface area contributed by atoms with E-state index in [4.69, 9.17) is 14.2 Å².